The van der Waals surface area contributed by atoms with E-state index in [1.165, 1.54) is 25.7 Å². The Balaban J connectivity index is 0.000000208. The zero-order chi connectivity index (χ0) is 42.5. The Hall–Kier alpha value is -4.32. The number of ether oxygens (including phenoxy) is 5. The second-order valence-electron chi connectivity index (χ2n) is 18.3. The molecule has 0 aromatic heterocycles. The molecule has 0 bridgehead atoms. The highest BCUT2D eigenvalue weighted by molar-refractivity contribution is 5.78. The summed E-state index contributed by atoms with van der Waals surface area (Å²) in [6, 6.07) is 21.8. The van der Waals surface area contributed by atoms with Crippen LogP contribution in [0.4, 0.5) is 0 Å². The molecule has 2 heterocycles. The van der Waals surface area contributed by atoms with Crippen LogP contribution in [0.2, 0.25) is 0 Å². The molecular weight excluding hydrogens is 749 g/mol. The summed E-state index contributed by atoms with van der Waals surface area (Å²) >= 11 is 0. The predicted octanol–water partition coefficient (Wildman–Crippen LogP) is 7.22. The Morgan fingerprint density at radius 3 is 1.76 bits per heavy atom. The Labute approximate surface area is 350 Å². The van der Waals surface area contributed by atoms with E-state index in [9.17, 15) is 19.8 Å². The van der Waals surface area contributed by atoms with Crippen LogP contribution in [0.15, 0.2) is 66.7 Å². The molecule has 2 N–H and O–H groups in total. The van der Waals surface area contributed by atoms with Gasteiger partial charge in [0.1, 0.15) is 6.61 Å². The third-order valence-electron chi connectivity index (χ3n) is 13.5. The molecule has 11 nitrogen and oxygen atoms in total. The molecule has 11 heteroatoms. The van der Waals surface area contributed by atoms with Gasteiger partial charge in [-0.15, -0.1) is 0 Å². The molecule has 3 aromatic rings. The number of nitrogens with zero attached hydrogens (tertiary/aromatic N) is 2. The third-order valence-corrected chi connectivity index (χ3v) is 13.5. The lowest BCUT2D eigenvalue weighted by Gasteiger charge is -2.34. The van der Waals surface area contributed by atoms with Crippen LogP contribution < -0.4 is 18.9 Å². The maximum atomic E-state index is 13.0. The third kappa shape index (κ3) is 10.5. The molecule has 0 spiro atoms. The number of carbonyl (C=O) groups excluding carboxylic acids is 2. The van der Waals surface area contributed by atoms with Gasteiger partial charge in [0.05, 0.1) is 46.2 Å². The number of hydrogen-bond donors (Lipinski definition) is 2. The van der Waals surface area contributed by atoms with Gasteiger partial charge >= 0.3 is 0 Å². The van der Waals surface area contributed by atoms with E-state index >= 15 is 0 Å². The summed E-state index contributed by atoms with van der Waals surface area (Å²) in [5, 5.41) is 21.1. The number of rotatable bonds is 16. The second kappa shape index (κ2) is 18.5. The van der Waals surface area contributed by atoms with Crippen LogP contribution in [-0.2, 0) is 20.9 Å². The molecule has 2 aliphatic heterocycles. The van der Waals surface area contributed by atoms with Crippen molar-refractivity contribution >= 4 is 11.8 Å². The molecule has 4 aliphatic rings. The molecule has 6 atom stereocenters. The highest BCUT2D eigenvalue weighted by atomic mass is 16.5. The molecule has 7 rings (SSSR count). The summed E-state index contributed by atoms with van der Waals surface area (Å²) in [5.74, 6) is 3.58. The lowest BCUT2D eigenvalue weighted by atomic mass is 9.72. The van der Waals surface area contributed by atoms with E-state index in [0.29, 0.717) is 51.1 Å². The largest absolute Gasteiger partial charge is 0.493 e. The van der Waals surface area contributed by atoms with E-state index in [1.54, 1.807) is 21.1 Å². The second-order valence-corrected chi connectivity index (χ2v) is 18.3. The molecule has 59 heavy (non-hydrogen) atoms. The molecule has 0 radical (unpaired) electrons. The quantitative estimate of drug-likeness (QED) is 0.154. The smallest absolute Gasteiger partial charge is 0.248 e. The average Bonchev–Trinajstić information content (AvgIpc) is 4.13. The Morgan fingerprint density at radius 1 is 0.746 bits per heavy atom. The van der Waals surface area contributed by atoms with Gasteiger partial charge in [-0.3, -0.25) is 9.59 Å². The van der Waals surface area contributed by atoms with Gasteiger partial charge < -0.3 is 43.7 Å². The van der Waals surface area contributed by atoms with Crippen LogP contribution in [-0.4, -0.2) is 104 Å². The fourth-order valence-electron chi connectivity index (χ4n) is 8.35. The van der Waals surface area contributed by atoms with Crippen molar-refractivity contribution in [1.82, 2.24) is 9.80 Å². The number of amides is 2. The minimum atomic E-state index is -0.586. The average molecular weight is 815 g/mol. The normalized spacial score (nSPS) is 25.4. The first-order valence-corrected chi connectivity index (χ1v) is 21.2. The summed E-state index contributed by atoms with van der Waals surface area (Å²) in [6.07, 6.45) is 3.73. The van der Waals surface area contributed by atoms with Crippen molar-refractivity contribution in [3.05, 3.63) is 83.4 Å². The Bertz CT molecular complexity index is 1890. The van der Waals surface area contributed by atoms with Gasteiger partial charge in [-0.25, -0.2) is 0 Å². The summed E-state index contributed by atoms with van der Waals surface area (Å²) in [7, 11) is 3.29. The fourth-order valence-corrected chi connectivity index (χ4v) is 8.35. The zero-order valence-electron chi connectivity index (χ0n) is 36.4. The molecular formula is C48H66N2O9. The van der Waals surface area contributed by atoms with Crippen LogP contribution in [0.1, 0.15) is 95.8 Å². The zero-order valence-corrected chi connectivity index (χ0v) is 36.4. The first-order chi connectivity index (χ1) is 28.1. The van der Waals surface area contributed by atoms with Crippen molar-refractivity contribution in [1.29, 1.82) is 0 Å². The van der Waals surface area contributed by atoms with Crippen molar-refractivity contribution in [3.8, 4) is 23.0 Å². The van der Waals surface area contributed by atoms with Crippen LogP contribution in [0.25, 0.3) is 0 Å². The summed E-state index contributed by atoms with van der Waals surface area (Å²) in [5.41, 5.74) is 2.55. The first kappa shape index (κ1) is 44.2. The lowest BCUT2D eigenvalue weighted by molar-refractivity contribution is -0.136. The number of hydrogen-bond acceptors (Lipinski definition) is 9. The molecule has 0 unspecified atom stereocenters. The Morgan fingerprint density at radius 2 is 1.27 bits per heavy atom. The van der Waals surface area contributed by atoms with E-state index in [4.69, 9.17) is 23.7 Å². The molecule has 2 saturated carbocycles. The number of carbonyl (C=O) groups is 2. The van der Waals surface area contributed by atoms with Gasteiger partial charge in [0, 0.05) is 61.2 Å². The summed E-state index contributed by atoms with van der Waals surface area (Å²) in [4.78, 5) is 28.5. The number of aliphatic hydroxyl groups excluding tert-OH is 2. The summed E-state index contributed by atoms with van der Waals surface area (Å²) in [6.45, 7) is 15.5. The van der Waals surface area contributed by atoms with E-state index in [1.807, 2.05) is 90.4 Å². The van der Waals surface area contributed by atoms with Gasteiger partial charge in [0.15, 0.2) is 23.0 Å². The predicted molar refractivity (Wildman–Crippen MR) is 227 cm³/mol. The SMILES string of the molecule is COc1ccc([C@@H]2CN(C(=O)COCc3ccccc3)C[C@@]2(C)[C@@H](C)O)cc1OCC1(C)CC1.COc1ccc([C@@H]2CN(C(C)=O)C[C@@]2(C)[C@@H](C)O)cc1OCC1CC1. The molecule has 322 valence electrons. The van der Waals surface area contributed by atoms with E-state index in [-0.39, 0.29) is 41.1 Å². The van der Waals surface area contributed by atoms with Gasteiger partial charge in [-0.05, 0) is 86.4 Å². The molecule has 2 amide bonds. The van der Waals surface area contributed by atoms with Gasteiger partial charge in [-0.1, -0.05) is 63.2 Å². The fraction of sp³-hybridized carbons (Fsp3) is 0.583. The van der Waals surface area contributed by atoms with Crippen molar-refractivity contribution in [2.24, 2.45) is 22.2 Å². The summed E-state index contributed by atoms with van der Waals surface area (Å²) < 4.78 is 28.8. The van der Waals surface area contributed by atoms with Crippen LogP contribution in [0.5, 0.6) is 23.0 Å². The number of benzene rings is 3. The number of methoxy groups -OCH3 is 2. The van der Waals surface area contributed by atoms with Crippen molar-refractivity contribution in [2.75, 3.05) is 60.2 Å². The number of likely N-dealkylation sites (tertiary alicyclic amines) is 2. The first-order valence-electron chi connectivity index (χ1n) is 21.2. The van der Waals surface area contributed by atoms with Crippen LogP contribution in [0, 0.1) is 22.2 Å². The molecule has 2 aliphatic carbocycles. The van der Waals surface area contributed by atoms with Crippen molar-refractivity contribution in [3.63, 3.8) is 0 Å². The monoisotopic (exact) mass is 814 g/mol. The van der Waals surface area contributed by atoms with Gasteiger partial charge in [-0.2, -0.15) is 0 Å². The number of aliphatic hydroxyl groups is 2. The van der Waals surface area contributed by atoms with E-state index in [0.717, 1.165) is 40.5 Å². The van der Waals surface area contributed by atoms with Crippen LogP contribution >= 0.6 is 0 Å². The molecule has 3 aromatic carbocycles. The topological polar surface area (TPSA) is 127 Å². The Kier molecular flexibility index (Phi) is 13.9. The lowest BCUT2D eigenvalue weighted by Crippen LogP contribution is -2.38. The maximum absolute atomic E-state index is 13.0. The standard InChI is InChI=1S/C28H37NO5.C20H29NO4/c1-20(30)28(3)18-29(26(31)17-33-16-21-8-6-5-7-9-21)15-23(28)22-10-11-24(32-4)25(14-22)34-19-27(2)12-13-27;1-13(22)20(3)12-21(14(2)23)10-17(20)16-7-8-18(24-4)19(9-16)25-11-15-5-6-15/h5-11,14,20,23,30H,12-13,15-19H2,1-4H3;7-9,13,15,17,22H,5-6,10-12H2,1-4H3/t20-,23+,28+;13-,17+,20+/m11/s1. The van der Waals surface area contributed by atoms with E-state index in [2.05, 4.69) is 20.8 Å². The van der Waals surface area contributed by atoms with Gasteiger partial charge in [0.2, 0.25) is 11.8 Å². The highest BCUT2D eigenvalue weighted by Crippen LogP contribution is 2.49. The van der Waals surface area contributed by atoms with Gasteiger partial charge in [0.25, 0.3) is 0 Å². The molecule has 4 fully saturated rings. The van der Waals surface area contributed by atoms with Crippen molar-refractivity contribution in [2.45, 2.75) is 97.9 Å². The molecule has 2 saturated heterocycles. The maximum Gasteiger partial charge on any atom is 0.248 e. The minimum absolute atomic E-state index is 0.0209. The minimum Gasteiger partial charge on any atom is -0.493 e. The van der Waals surface area contributed by atoms with E-state index < -0.39 is 17.6 Å². The highest BCUT2D eigenvalue weighted by Gasteiger charge is 2.49. The van der Waals surface area contributed by atoms with Crippen LogP contribution in [0.3, 0.4) is 0 Å². The van der Waals surface area contributed by atoms with Crippen molar-refractivity contribution < 1.29 is 43.5 Å².